The van der Waals surface area contributed by atoms with Crippen LogP contribution in [0.15, 0.2) is 73.3 Å². The Bertz CT molecular complexity index is 1620. The highest BCUT2D eigenvalue weighted by atomic mass is 19.3. The van der Waals surface area contributed by atoms with Crippen LogP contribution in [0.1, 0.15) is 49.1 Å². The van der Waals surface area contributed by atoms with E-state index in [2.05, 4.69) is 11.3 Å². The van der Waals surface area contributed by atoms with Crippen LogP contribution < -0.4 is 4.74 Å². The van der Waals surface area contributed by atoms with Crippen molar-refractivity contribution in [3.05, 3.63) is 125 Å². The maximum absolute atomic E-state index is 15.2. The van der Waals surface area contributed by atoms with Crippen LogP contribution in [0.25, 0.3) is 22.3 Å². The number of allylic oxidation sites excluding steroid dienone is 1. The van der Waals surface area contributed by atoms with Gasteiger partial charge in [0.05, 0.1) is 5.56 Å². The molecule has 1 aliphatic rings. The number of benzene rings is 4. The molecule has 0 aliphatic heterocycles. The van der Waals surface area contributed by atoms with E-state index >= 15 is 8.78 Å². The summed E-state index contributed by atoms with van der Waals surface area (Å²) < 4.78 is 133. The molecule has 4 aromatic carbocycles. The normalized spacial score (nSPS) is 17.0. The molecule has 0 radical (unpaired) electrons. The summed E-state index contributed by atoms with van der Waals surface area (Å²) in [4.78, 5) is 0. The number of rotatable bonds is 8. The molecule has 0 atom stereocenters. The Labute approximate surface area is 247 Å². The molecule has 0 spiro atoms. The van der Waals surface area contributed by atoms with Crippen molar-refractivity contribution < 1.29 is 44.3 Å². The fourth-order valence-electron chi connectivity index (χ4n) is 5.72. The molecular weight excluding hydrogens is 595 g/mol. The first-order valence-corrected chi connectivity index (χ1v) is 13.8. The van der Waals surface area contributed by atoms with Gasteiger partial charge in [-0.1, -0.05) is 30.3 Å². The minimum atomic E-state index is -4.85. The lowest BCUT2D eigenvalue weighted by Gasteiger charge is -2.28. The molecule has 0 bridgehead atoms. The summed E-state index contributed by atoms with van der Waals surface area (Å²) in [5.74, 6) is -12.3. The maximum atomic E-state index is 15.2. The van der Waals surface area contributed by atoms with Crippen LogP contribution >= 0.6 is 0 Å². The van der Waals surface area contributed by atoms with Crippen LogP contribution in [0.5, 0.6) is 5.75 Å². The zero-order chi connectivity index (χ0) is 31.8. The van der Waals surface area contributed by atoms with Gasteiger partial charge in [-0.05, 0) is 90.5 Å². The fraction of sp³-hybridized carbons (Fsp3) is 0.235. The van der Waals surface area contributed by atoms with Crippen molar-refractivity contribution >= 4 is 0 Å². The molecule has 0 saturated heterocycles. The molecule has 0 N–H and O–H groups in total. The van der Waals surface area contributed by atoms with Crippen molar-refractivity contribution in [2.45, 2.75) is 44.1 Å². The van der Waals surface area contributed by atoms with Crippen molar-refractivity contribution in [2.75, 3.05) is 0 Å². The number of ether oxygens (including phenoxy) is 1. The van der Waals surface area contributed by atoms with E-state index < -0.39 is 69.3 Å². The summed E-state index contributed by atoms with van der Waals surface area (Å²) in [6, 6.07) is 9.87. The fourth-order valence-corrected chi connectivity index (χ4v) is 5.72. The van der Waals surface area contributed by atoms with E-state index in [-0.39, 0.29) is 29.8 Å². The molecule has 1 aliphatic carbocycles. The monoisotopic (exact) mass is 620 g/mol. The molecule has 1 nitrogen and oxygen atoms in total. The van der Waals surface area contributed by atoms with E-state index in [1.165, 1.54) is 0 Å². The highest BCUT2D eigenvalue weighted by Gasteiger charge is 2.42. The second-order valence-corrected chi connectivity index (χ2v) is 10.8. The van der Waals surface area contributed by atoms with Gasteiger partial charge in [0.1, 0.15) is 34.6 Å². The Morgan fingerprint density at radius 2 is 1.18 bits per heavy atom. The predicted octanol–water partition coefficient (Wildman–Crippen LogP) is 11.0. The second-order valence-electron chi connectivity index (χ2n) is 10.8. The average Bonchev–Trinajstić information content (AvgIpc) is 2.95. The molecule has 5 rings (SSSR count). The van der Waals surface area contributed by atoms with E-state index in [4.69, 9.17) is 0 Å². The third kappa shape index (κ3) is 6.34. The maximum Gasteiger partial charge on any atom is 0.432 e. The van der Waals surface area contributed by atoms with Gasteiger partial charge in [0.15, 0.2) is 17.5 Å². The van der Waals surface area contributed by atoms with Crippen LogP contribution in [-0.4, -0.2) is 0 Å². The average molecular weight is 621 g/mol. The van der Waals surface area contributed by atoms with E-state index in [1.807, 2.05) is 18.2 Å². The van der Waals surface area contributed by atoms with Crippen molar-refractivity contribution in [3.8, 4) is 28.0 Å². The number of halogens is 9. The largest absolute Gasteiger partial charge is 0.432 e. The third-order valence-corrected chi connectivity index (χ3v) is 7.93. The Hall–Kier alpha value is -4.21. The highest BCUT2D eigenvalue weighted by molar-refractivity contribution is 5.72. The third-order valence-electron chi connectivity index (χ3n) is 7.93. The summed E-state index contributed by atoms with van der Waals surface area (Å²) in [6.07, 6.45) is 2.33. The predicted molar refractivity (Wildman–Crippen MR) is 147 cm³/mol. The Kier molecular flexibility index (Phi) is 8.81. The van der Waals surface area contributed by atoms with Crippen molar-refractivity contribution in [1.82, 2.24) is 0 Å². The Balaban J connectivity index is 1.38. The topological polar surface area (TPSA) is 9.23 Å². The molecule has 230 valence electrons. The summed E-state index contributed by atoms with van der Waals surface area (Å²) in [6.45, 7) is 3.80. The minimum Gasteiger partial charge on any atom is -0.429 e. The van der Waals surface area contributed by atoms with Gasteiger partial charge in [-0.2, -0.15) is 8.78 Å². The standard InChI is InChI=1S/C34H25F9O/c1-2-3-18-4-6-19(7-5-18)20-8-10-21(11-9-20)22-12-25(35)31(26(36)13-22)23-14-27(37)32(28(38)15-23)34(42,43)44-24-16-29(39)33(41)30(40)17-24/h2,8-19H,1,3-7H2. The minimum absolute atomic E-state index is 0.0615. The van der Waals surface area contributed by atoms with Gasteiger partial charge in [-0.25, -0.2) is 30.7 Å². The van der Waals surface area contributed by atoms with E-state index in [9.17, 15) is 30.7 Å². The van der Waals surface area contributed by atoms with Gasteiger partial charge >= 0.3 is 6.11 Å². The Morgan fingerprint density at radius 1 is 0.659 bits per heavy atom. The molecule has 1 saturated carbocycles. The quantitative estimate of drug-likeness (QED) is 0.108. The molecule has 0 unspecified atom stereocenters. The highest BCUT2D eigenvalue weighted by Crippen LogP contribution is 2.40. The summed E-state index contributed by atoms with van der Waals surface area (Å²) in [5.41, 5.74) is -1.80. The van der Waals surface area contributed by atoms with Gasteiger partial charge in [0, 0.05) is 12.1 Å². The van der Waals surface area contributed by atoms with E-state index in [0.717, 1.165) is 49.8 Å². The number of hydrogen-bond donors (Lipinski definition) is 0. The van der Waals surface area contributed by atoms with Gasteiger partial charge in [-0.3, -0.25) is 0 Å². The molecule has 1 fully saturated rings. The number of hydrogen-bond acceptors (Lipinski definition) is 1. The Morgan fingerprint density at radius 3 is 1.70 bits per heavy atom. The zero-order valence-corrected chi connectivity index (χ0v) is 23.1. The van der Waals surface area contributed by atoms with Gasteiger partial charge in [0.2, 0.25) is 0 Å². The van der Waals surface area contributed by atoms with Crippen LogP contribution in [0.4, 0.5) is 39.5 Å². The molecule has 0 aromatic heterocycles. The number of alkyl halides is 2. The van der Waals surface area contributed by atoms with Gasteiger partial charge in [-0.15, -0.1) is 6.58 Å². The summed E-state index contributed by atoms with van der Waals surface area (Å²) in [7, 11) is 0. The first-order chi connectivity index (χ1) is 20.9. The van der Waals surface area contributed by atoms with Crippen LogP contribution in [0.2, 0.25) is 0 Å². The lowest BCUT2D eigenvalue weighted by atomic mass is 9.77. The first-order valence-electron chi connectivity index (χ1n) is 13.8. The van der Waals surface area contributed by atoms with Crippen LogP contribution in [-0.2, 0) is 6.11 Å². The molecule has 0 heterocycles. The first kappa shape index (κ1) is 31.2. The lowest BCUT2D eigenvalue weighted by Crippen LogP contribution is -2.25. The zero-order valence-electron chi connectivity index (χ0n) is 23.1. The summed E-state index contributed by atoms with van der Waals surface area (Å²) >= 11 is 0. The van der Waals surface area contributed by atoms with Crippen LogP contribution in [0, 0.1) is 46.6 Å². The van der Waals surface area contributed by atoms with Crippen molar-refractivity contribution in [3.63, 3.8) is 0 Å². The van der Waals surface area contributed by atoms with Crippen LogP contribution in [0.3, 0.4) is 0 Å². The van der Waals surface area contributed by atoms with E-state index in [0.29, 0.717) is 17.4 Å². The van der Waals surface area contributed by atoms with Gasteiger partial charge < -0.3 is 4.74 Å². The SMILES string of the molecule is C=CCC1CCC(c2ccc(-c3cc(F)c(-c4cc(F)c(C(F)(F)Oc5cc(F)c(F)c(F)c5)c(F)c4)c(F)c3)cc2)CC1. The summed E-state index contributed by atoms with van der Waals surface area (Å²) in [5, 5.41) is 0. The molecule has 4 aromatic rings. The molecule has 0 amide bonds. The molecule has 10 heteroatoms. The van der Waals surface area contributed by atoms with Crippen molar-refractivity contribution in [1.29, 1.82) is 0 Å². The van der Waals surface area contributed by atoms with Crippen molar-refractivity contribution in [2.24, 2.45) is 5.92 Å². The molecule has 44 heavy (non-hydrogen) atoms. The lowest BCUT2D eigenvalue weighted by molar-refractivity contribution is -0.189. The second kappa shape index (κ2) is 12.4. The smallest absolute Gasteiger partial charge is 0.429 e. The molecular formula is C34H25F9O. The van der Waals surface area contributed by atoms with E-state index in [1.54, 1.807) is 12.1 Å². The van der Waals surface area contributed by atoms with Gasteiger partial charge in [0.25, 0.3) is 0 Å².